The molecule has 0 fully saturated rings. The van der Waals surface area contributed by atoms with Gasteiger partial charge in [0.25, 0.3) is 0 Å². The Bertz CT molecular complexity index is 756. The molecule has 0 radical (unpaired) electrons. The molecular formula is C21H24O4. The monoisotopic (exact) mass is 340 g/mol. The van der Waals surface area contributed by atoms with Crippen molar-refractivity contribution in [3.05, 3.63) is 59.2 Å². The first-order valence-electron chi connectivity index (χ1n) is 8.04. The Hall–Kier alpha value is -2.75. The van der Waals surface area contributed by atoms with Gasteiger partial charge in [0.1, 0.15) is 17.2 Å². The van der Waals surface area contributed by atoms with Gasteiger partial charge in [0.05, 0.1) is 14.2 Å². The van der Waals surface area contributed by atoms with Gasteiger partial charge in [0, 0.05) is 11.1 Å². The topological polar surface area (TPSA) is 55.8 Å². The summed E-state index contributed by atoms with van der Waals surface area (Å²) in [7, 11) is 3.25. The highest BCUT2D eigenvalue weighted by molar-refractivity contribution is 6.06. The van der Waals surface area contributed by atoms with E-state index in [-0.39, 0.29) is 16.9 Å². The lowest BCUT2D eigenvalue weighted by atomic mass is 9.84. The second kappa shape index (κ2) is 7.43. The molecule has 0 heterocycles. The van der Waals surface area contributed by atoms with Crippen LogP contribution in [0.15, 0.2) is 42.5 Å². The summed E-state index contributed by atoms with van der Waals surface area (Å²) in [6.07, 6.45) is 3.23. The van der Waals surface area contributed by atoms with Crippen molar-refractivity contribution in [2.24, 2.45) is 0 Å². The standard InChI is InChI=1S/C21H24O4/c1-21(2,3)20-18(24-4)12-14(13-19(20)25-5)6-11-17(23)15-7-9-16(22)10-8-15/h6-13,22H,1-5H3/b11-6+. The van der Waals surface area contributed by atoms with Crippen molar-refractivity contribution in [3.63, 3.8) is 0 Å². The number of benzene rings is 2. The number of hydrogen-bond acceptors (Lipinski definition) is 4. The summed E-state index contributed by atoms with van der Waals surface area (Å²) < 4.78 is 11.1. The van der Waals surface area contributed by atoms with Crippen molar-refractivity contribution in [1.82, 2.24) is 0 Å². The minimum Gasteiger partial charge on any atom is -0.508 e. The van der Waals surface area contributed by atoms with Crippen LogP contribution in [0.1, 0.15) is 42.3 Å². The number of carbonyl (C=O) groups excluding carboxylic acids is 1. The second-order valence-electron chi connectivity index (χ2n) is 6.79. The third-order valence-electron chi connectivity index (χ3n) is 3.86. The zero-order chi connectivity index (χ0) is 18.6. The van der Waals surface area contributed by atoms with E-state index in [0.29, 0.717) is 5.56 Å². The van der Waals surface area contributed by atoms with Crippen molar-refractivity contribution in [2.45, 2.75) is 26.2 Å². The number of phenolic OH excluding ortho intramolecular Hbond substituents is 1. The number of rotatable bonds is 5. The lowest BCUT2D eigenvalue weighted by molar-refractivity contribution is 0.104. The van der Waals surface area contributed by atoms with Gasteiger partial charge in [-0.2, -0.15) is 0 Å². The first-order valence-corrected chi connectivity index (χ1v) is 8.04. The van der Waals surface area contributed by atoms with Crippen molar-refractivity contribution in [2.75, 3.05) is 14.2 Å². The molecule has 0 unspecified atom stereocenters. The molecule has 0 saturated heterocycles. The summed E-state index contributed by atoms with van der Waals surface area (Å²) in [5.74, 6) is 1.44. The fourth-order valence-corrected chi connectivity index (χ4v) is 2.66. The molecule has 1 N–H and O–H groups in total. The molecule has 2 rings (SSSR count). The Morgan fingerprint density at radius 1 is 1.00 bits per heavy atom. The van der Waals surface area contributed by atoms with Gasteiger partial charge in [-0.25, -0.2) is 0 Å². The predicted molar refractivity (Wildman–Crippen MR) is 99.7 cm³/mol. The molecule has 0 aromatic heterocycles. The van der Waals surface area contributed by atoms with Gasteiger partial charge in [-0.1, -0.05) is 26.8 Å². The van der Waals surface area contributed by atoms with Gasteiger partial charge >= 0.3 is 0 Å². The molecule has 4 heteroatoms. The van der Waals surface area contributed by atoms with E-state index in [1.165, 1.54) is 18.2 Å². The number of ketones is 1. The molecule has 0 bridgehead atoms. The van der Waals surface area contributed by atoms with Crippen LogP contribution >= 0.6 is 0 Å². The van der Waals surface area contributed by atoms with Crippen LogP contribution in [0.5, 0.6) is 17.2 Å². The Balaban J connectivity index is 2.36. The highest BCUT2D eigenvalue weighted by Crippen LogP contribution is 2.40. The molecular weight excluding hydrogens is 316 g/mol. The number of aromatic hydroxyl groups is 1. The van der Waals surface area contributed by atoms with Gasteiger partial charge in [0.2, 0.25) is 0 Å². The quantitative estimate of drug-likeness (QED) is 0.638. The molecule has 0 aliphatic carbocycles. The normalized spacial score (nSPS) is 11.6. The number of carbonyl (C=O) groups is 1. The van der Waals surface area contributed by atoms with Crippen LogP contribution in [0.4, 0.5) is 0 Å². The van der Waals surface area contributed by atoms with E-state index in [1.807, 2.05) is 12.1 Å². The molecule has 4 nitrogen and oxygen atoms in total. The summed E-state index contributed by atoms with van der Waals surface area (Å²) in [6.45, 7) is 6.28. The highest BCUT2D eigenvalue weighted by atomic mass is 16.5. The summed E-state index contributed by atoms with van der Waals surface area (Å²) in [6, 6.07) is 9.95. The lowest BCUT2D eigenvalue weighted by Gasteiger charge is -2.25. The molecule has 0 saturated carbocycles. The zero-order valence-corrected chi connectivity index (χ0v) is 15.3. The molecule has 2 aromatic rings. The average Bonchev–Trinajstić information content (AvgIpc) is 2.58. The summed E-state index contributed by atoms with van der Waals surface area (Å²) in [5.41, 5.74) is 2.17. The van der Waals surface area contributed by atoms with Gasteiger partial charge in [-0.15, -0.1) is 0 Å². The first kappa shape index (κ1) is 18.6. The Labute approximate surface area is 148 Å². The fourth-order valence-electron chi connectivity index (χ4n) is 2.66. The number of methoxy groups -OCH3 is 2. The number of hydrogen-bond donors (Lipinski definition) is 1. The maximum Gasteiger partial charge on any atom is 0.185 e. The highest BCUT2D eigenvalue weighted by Gasteiger charge is 2.24. The van der Waals surface area contributed by atoms with E-state index in [0.717, 1.165) is 22.6 Å². The van der Waals surface area contributed by atoms with Crippen LogP contribution in [0.25, 0.3) is 6.08 Å². The van der Waals surface area contributed by atoms with Crippen LogP contribution < -0.4 is 9.47 Å². The van der Waals surface area contributed by atoms with Crippen LogP contribution in [0, 0.1) is 0 Å². The van der Waals surface area contributed by atoms with E-state index < -0.39 is 0 Å². The molecule has 0 amide bonds. The Morgan fingerprint density at radius 2 is 1.52 bits per heavy atom. The van der Waals surface area contributed by atoms with Crippen molar-refractivity contribution in [3.8, 4) is 17.2 Å². The fraction of sp³-hybridized carbons (Fsp3) is 0.286. The molecule has 0 aliphatic heterocycles. The number of phenols is 1. The molecule has 25 heavy (non-hydrogen) atoms. The predicted octanol–water partition coefficient (Wildman–Crippen LogP) is 4.60. The third kappa shape index (κ3) is 4.41. The van der Waals surface area contributed by atoms with E-state index in [9.17, 15) is 9.90 Å². The SMILES string of the molecule is COc1cc(/C=C/C(=O)c2ccc(O)cc2)cc(OC)c1C(C)(C)C. The molecule has 0 aliphatic rings. The van der Waals surface area contributed by atoms with Crippen molar-refractivity contribution in [1.29, 1.82) is 0 Å². The largest absolute Gasteiger partial charge is 0.508 e. The molecule has 2 aromatic carbocycles. The first-order chi connectivity index (χ1) is 11.8. The van der Waals surface area contributed by atoms with E-state index in [4.69, 9.17) is 9.47 Å². The Kier molecular flexibility index (Phi) is 5.52. The number of allylic oxidation sites excluding steroid dienone is 1. The maximum atomic E-state index is 12.2. The third-order valence-corrected chi connectivity index (χ3v) is 3.86. The van der Waals surface area contributed by atoms with E-state index in [2.05, 4.69) is 20.8 Å². The van der Waals surface area contributed by atoms with Gasteiger partial charge in [-0.3, -0.25) is 4.79 Å². The maximum absolute atomic E-state index is 12.2. The number of ether oxygens (including phenoxy) is 2. The summed E-state index contributed by atoms with van der Waals surface area (Å²) >= 11 is 0. The minimum atomic E-state index is -0.141. The lowest BCUT2D eigenvalue weighted by Crippen LogP contribution is -2.14. The van der Waals surface area contributed by atoms with Crippen LogP contribution in [0.3, 0.4) is 0 Å². The van der Waals surface area contributed by atoms with Gasteiger partial charge < -0.3 is 14.6 Å². The molecule has 0 atom stereocenters. The van der Waals surface area contributed by atoms with Crippen LogP contribution in [-0.4, -0.2) is 25.1 Å². The van der Waals surface area contributed by atoms with Crippen molar-refractivity contribution < 1.29 is 19.4 Å². The van der Waals surface area contributed by atoms with Gasteiger partial charge in [-0.05, 0) is 53.5 Å². The van der Waals surface area contributed by atoms with E-state index in [1.54, 1.807) is 32.4 Å². The van der Waals surface area contributed by atoms with Crippen LogP contribution in [-0.2, 0) is 5.41 Å². The summed E-state index contributed by atoms with van der Waals surface area (Å²) in [5, 5.41) is 9.30. The average molecular weight is 340 g/mol. The second-order valence-corrected chi connectivity index (χ2v) is 6.79. The molecule has 132 valence electrons. The van der Waals surface area contributed by atoms with Crippen LogP contribution in [0.2, 0.25) is 0 Å². The minimum absolute atomic E-state index is 0.132. The summed E-state index contributed by atoms with van der Waals surface area (Å²) in [4.78, 5) is 12.2. The smallest absolute Gasteiger partial charge is 0.185 e. The zero-order valence-electron chi connectivity index (χ0n) is 15.3. The van der Waals surface area contributed by atoms with Gasteiger partial charge in [0.15, 0.2) is 5.78 Å². The molecule has 0 spiro atoms. The Morgan fingerprint density at radius 3 is 1.96 bits per heavy atom. The van der Waals surface area contributed by atoms with E-state index >= 15 is 0 Å². The van der Waals surface area contributed by atoms with Crippen molar-refractivity contribution >= 4 is 11.9 Å².